The molecule has 0 amide bonds. The van der Waals surface area contributed by atoms with Gasteiger partial charge in [0.05, 0.1) is 30.4 Å². The summed E-state index contributed by atoms with van der Waals surface area (Å²) in [6.07, 6.45) is 4.92. The number of hydrogen-bond acceptors (Lipinski definition) is 4. The van der Waals surface area contributed by atoms with Crippen LogP contribution in [0.25, 0.3) is 0 Å². The first-order valence-electron chi connectivity index (χ1n) is 12.6. The highest BCUT2D eigenvalue weighted by Crippen LogP contribution is 2.48. The topological polar surface area (TPSA) is 42.5 Å². The molecule has 2 atom stereocenters. The van der Waals surface area contributed by atoms with E-state index in [2.05, 4.69) is 47.1 Å². The van der Waals surface area contributed by atoms with Crippen molar-refractivity contribution in [3.63, 3.8) is 0 Å². The lowest BCUT2D eigenvalue weighted by molar-refractivity contribution is -0.274. The van der Waals surface area contributed by atoms with Crippen LogP contribution in [0.1, 0.15) is 37.8 Å². The zero-order chi connectivity index (χ0) is 25.7. The van der Waals surface area contributed by atoms with E-state index in [9.17, 15) is 13.2 Å². The summed E-state index contributed by atoms with van der Waals surface area (Å²) in [5.74, 6) is 0. The zero-order valence-electron chi connectivity index (χ0n) is 20.9. The van der Waals surface area contributed by atoms with E-state index in [0.29, 0.717) is 6.10 Å². The van der Waals surface area contributed by atoms with Crippen molar-refractivity contribution >= 4 is 0 Å². The van der Waals surface area contributed by atoms with E-state index in [0.717, 1.165) is 25.1 Å². The predicted octanol–water partition coefficient (Wildman–Crippen LogP) is 5.71. The summed E-state index contributed by atoms with van der Waals surface area (Å²) in [6, 6.07) is 19.3. The van der Waals surface area contributed by atoms with Crippen LogP contribution in [0.5, 0.6) is 0 Å². The third-order valence-electron chi connectivity index (χ3n) is 6.92. The van der Waals surface area contributed by atoms with Crippen molar-refractivity contribution in [1.82, 2.24) is 10.6 Å². The summed E-state index contributed by atoms with van der Waals surface area (Å²) in [4.78, 5) is 0. The fraction of sp³-hybridized carbons (Fsp3) is 0.448. The zero-order valence-corrected chi connectivity index (χ0v) is 20.9. The first-order chi connectivity index (χ1) is 17.3. The van der Waals surface area contributed by atoms with Gasteiger partial charge in [-0.15, -0.1) is 0 Å². The summed E-state index contributed by atoms with van der Waals surface area (Å²) < 4.78 is 51.1. The predicted molar refractivity (Wildman–Crippen MR) is 135 cm³/mol. The van der Waals surface area contributed by atoms with Crippen LogP contribution in [0, 0.1) is 0 Å². The standard InChI is InChI=1S/C14H14F3NO.C13H15NO.C2H6/c15-14(16,17)13(9-12(6-7-12)18-10-13)19-8-11-4-2-1-3-5-11;1-2-4-11(5-3-1)10-15-12-6-9-14-13(12)7-8-13;1-2/h1-7,18H,8-10H2;1-5,7-8,12,14H,6,9-10H2;1-2H3. The molecule has 36 heavy (non-hydrogen) atoms. The lowest BCUT2D eigenvalue weighted by Crippen LogP contribution is -2.49. The minimum Gasteiger partial charge on any atom is -0.371 e. The average Bonchev–Trinajstić information content (AvgIpc) is 3.76. The smallest absolute Gasteiger partial charge is 0.371 e. The van der Waals surface area contributed by atoms with Gasteiger partial charge in [-0.2, -0.15) is 13.2 Å². The molecule has 0 aromatic heterocycles. The van der Waals surface area contributed by atoms with E-state index in [4.69, 9.17) is 9.47 Å². The van der Waals surface area contributed by atoms with E-state index in [1.165, 1.54) is 5.56 Å². The molecule has 2 spiro atoms. The number of hydrogen-bond donors (Lipinski definition) is 2. The van der Waals surface area contributed by atoms with Crippen molar-refractivity contribution < 1.29 is 22.6 Å². The van der Waals surface area contributed by atoms with Gasteiger partial charge in [-0.1, -0.05) is 98.8 Å². The molecule has 4 aliphatic rings. The lowest BCUT2D eigenvalue weighted by Gasteiger charge is -2.31. The molecule has 2 aliphatic carbocycles. The van der Waals surface area contributed by atoms with Gasteiger partial charge in [-0.3, -0.25) is 0 Å². The number of benzene rings is 2. The maximum atomic E-state index is 13.3. The van der Waals surface area contributed by atoms with Gasteiger partial charge in [-0.05, 0) is 24.1 Å². The van der Waals surface area contributed by atoms with Crippen LogP contribution in [-0.2, 0) is 22.7 Å². The Labute approximate surface area is 211 Å². The minimum atomic E-state index is -4.37. The number of halogens is 3. The Morgan fingerprint density at radius 2 is 1.42 bits per heavy atom. The molecule has 6 rings (SSSR count). The second-order valence-corrected chi connectivity index (χ2v) is 9.44. The van der Waals surface area contributed by atoms with Gasteiger partial charge in [-0.25, -0.2) is 0 Å². The second kappa shape index (κ2) is 10.9. The summed E-state index contributed by atoms with van der Waals surface area (Å²) >= 11 is 0. The fourth-order valence-corrected chi connectivity index (χ4v) is 4.61. The van der Waals surface area contributed by atoms with Gasteiger partial charge < -0.3 is 20.1 Å². The van der Waals surface area contributed by atoms with Crippen LogP contribution in [0.3, 0.4) is 0 Å². The maximum absolute atomic E-state index is 13.3. The SMILES string of the molecule is C1=CC12NCCC2OCc1ccccc1.CC.FC(F)(F)C1(OCc2ccccc2)CNC2(C=C2)C1. The van der Waals surface area contributed by atoms with E-state index in [1.54, 1.807) is 36.4 Å². The molecule has 194 valence electrons. The van der Waals surface area contributed by atoms with Crippen molar-refractivity contribution in [1.29, 1.82) is 0 Å². The molecule has 2 N–H and O–H groups in total. The highest BCUT2D eigenvalue weighted by molar-refractivity contribution is 5.39. The Hall–Kier alpha value is -2.45. The molecule has 2 aliphatic heterocycles. The molecule has 0 saturated carbocycles. The Kier molecular flexibility index (Phi) is 8.05. The third kappa shape index (κ3) is 6.09. The first-order valence-corrected chi connectivity index (χ1v) is 12.6. The molecule has 2 aromatic carbocycles. The van der Waals surface area contributed by atoms with E-state index in [-0.39, 0.29) is 25.1 Å². The first kappa shape index (κ1) is 26.6. The van der Waals surface area contributed by atoms with Gasteiger partial charge in [0.15, 0.2) is 5.60 Å². The Bertz CT molecular complexity index is 1030. The molecule has 7 heteroatoms. The average molecular weight is 501 g/mol. The van der Waals surface area contributed by atoms with Crippen molar-refractivity contribution in [3.05, 3.63) is 96.1 Å². The maximum Gasteiger partial charge on any atom is 0.418 e. The van der Waals surface area contributed by atoms with Crippen molar-refractivity contribution in [3.8, 4) is 0 Å². The molecular weight excluding hydrogens is 465 g/mol. The van der Waals surface area contributed by atoms with Crippen LogP contribution in [-0.4, -0.2) is 42.0 Å². The molecular formula is C29H35F3N2O2. The highest BCUT2D eigenvalue weighted by Gasteiger charge is 2.64. The van der Waals surface area contributed by atoms with E-state index >= 15 is 0 Å². The minimum absolute atomic E-state index is 0.0297. The van der Waals surface area contributed by atoms with Gasteiger partial charge in [0, 0.05) is 13.0 Å². The highest BCUT2D eigenvalue weighted by atomic mass is 19.4. The van der Waals surface area contributed by atoms with Gasteiger partial charge in [0.25, 0.3) is 0 Å². The summed E-state index contributed by atoms with van der Waals surface area (Å²) in [7, 11) is 0. The summed E-state index contributed by atoms with van der Waals surface area (Å²) in [5, 5.41) is 6.34. The largest absolute Gasteiger partial charge is 0.418 e. The molecule has 2 heterocycles. The summed E-state index contributed by atoms with van der Waals surface area (Å²) in [5.41, 5.74) is -0.538. The Morgan fingerprint density at radius 1 is 0.833 bits per heavy atom. The van der Waals surface area contributed by atoms with Crippen LogP contribution in [0.15, 0.2) is 85.0 Å². The molecule has 2 unspecified atom stereocenters. The normalized spacial score (nSPS) is 25.8. The van der Waals surface area contributed by atoms with E-state index in [1.807, 2.05) is 26.0 Å². The Balaban J connectivity index is 0.000000162. The molecule has 0 radical (unpaired) electrons. The van der Waals surface area contributed by atoms with Gasteiger partial charge in [0.1, 0.15) is 0 Å². The number of rotatable bonds is 6. The second-order valence-electron chi connectivity index (χ2n) is 9.44. The third-order valence-corrected chi connectivity index (χ3v) is 6.92. The fourth-order valence-electron chi connectivity index (χ4n) is 4.61. The quantitative estimate of drug-likeness (QED) is 0.499. The van der Waals surface area contributed by atoms with E-state index < -0.39 is 17.3 Å². The van der Waals surface area contributed by atoms with Crippen LogP contribution in [0.4, 0.5) is 13.2 Å². The molecule has 2 fully saturated rings. The molecule has 2 aromatic rings. The van der Waals surface area contributed by atoms with Crippen LogP contribution < -0.4 is 10.6 Å². The Morgan fingerprint density at radius 3 is 1.92 bits per heavy atom. The van der Waals surface area contributed by atoms with Gasteiger partial charge >= 0.3 is 6.18 Å². The molecule has 2 saturated heterocycles. The van der Waals surface area contributed by atoms with Crippen molar-refractivity contribution in [2.75, 3.05) is 13.1 Å². The lowest BCUT2D eigenvalue weighted by atomic mass is 9.97. The molecule has 0 bridgehead atoms. The monoisotopic (exact) mass is 500 g/mol. The van der Waals surface area contributed by atoms with Crippen molar-refractivity contribution in [2.24, 2.45) is 0 Å². The van der Waals surface area contributed by atoms with Crippen molar-refractivity contribution in [2.45, 2.75) is 68.9 Å². The van der Waals surface area contributed by atoms with Gasteiger partial charge in [0.2, 0.25) is 0 Å². The number of nitrogens with one attached hydrogen (secondary N) is 2. The number of ether oxygens (including phenoxy) is 2. The van der Waals surface area contributed by atoms with Crippen LogP contribution in [0.2, 0.25) is 0 Å². The molecule has 4 nitrogen and oxygen atoms in total. The van der Waals surface area contributed by atoms with Crippen LogP contribution >= 0.6 is 0 Å². The summed E-state index contributed by atoms with van der Waals surface area (Å²) in [6.45, 7) is 5.55. The number of alkyl halides is 3.